The lowest BCUT2D eigenvalue weighted by molar-refractivity contribution is -0.135. The van der Waals surface area contributed by atoms with Crippen molar-refractivity contribution in [1.29, 1.82) is 5.41 Å². The third-order valence-corrected chi connectivity index (χ3v) is 5.90. The van der Waals surface area contributed by atoms with E-state index in [0.29, 0.717) is 12.1 Å². The Morgan fingerprint density at radius 1 is 1.39 bits per heavy atom. The molecule has 0 amide bonds. The fourth-order valence-corrected chi connectivity index (χ4v) is 4.49. The minimum atomic E-state index is -0.947. The number of nitrogen functional groups attached to an aromatic ring is 1. The van der Waals surface area contributed by atoms with Gasteiger partial charge >= 0.3 is 5.97 Å². The van der Waals surface area contributed by atoms with Crippen LogP contribution < -0.4 is 26.8 Å². The number of benzene rings is 1. The number of nitrogens with one attached hydrogen (secondary N) is 2. The van der Waals surface area contributed by atoms with E-state index < -0.39 is 5.97 Å². The fourth-order valence-electron chi connectivity index (χ4n) is 3.63. The molecule has 2 fully saturated rings. The van der Waals surface area contributed by atoms with Crippen LogP contribution in [0.1, 0.15) is 16.9 Å². The van der Waals surface area contributed by atoms with Crippen LogP contribution in [0.25, 0.3) is 0 Å². The lowest BCUT2D eigenvalue weighted by Gasteiger charge is -2.35. The summed E-state index contributed by atoms with van der Waals surface area (Å²) in [5.41, 5.74) is 10.1. The molecular weight excluding hydrogens is 378 g/mol. The van der Waals surface area contributed by atoms with Gasteiger partial charge in [-0.3, -0.25) is 16.0 Å². The van der Waals surface area contributed by atoms with Crippen molar-refractivity contribution in [2.45, 2.75) is 25.4 Å². The summed E-state index contributed by atoms with van der Waals surface area (Å²) in [6, 6.07) is 9.81. The quantitative estimate of drug-likeness (QED) is 0.213. The number of aliphatic carboxylic acids is 1. The minimum absolute atomic E-state index is 0.106. The molecule has 2 aliphatic rings. The zero-order valence-corrected chi connectivity index (χ0v) is 16.4. The maximum Gasteiger partial charge on any atom is 0.318 e. The van der Waals surface area contributed by atoms with Crippen LogP contribution in [-0.2, 0) is 4.79 Å². The number of amidine groups is 1. The average Bonchev–Trinajstić information content (AvgIpc) is 3.37. The van der Waals surface area contributed by atoms with Gasteiger partial charge in [0.15, 0.2) is 5.13 Å². The number of carbonyl (C=O) groups is 1. The molecule has 2 saturated heterocycles. The molecule has 0 aliphatic carbocycles. The first-order valence-corrected chi connectivity index (χ1v) is 9.76. The number of hydrogen-bond donors (Lipinski definition) is 5. The van der Waals surface area contributed by atoms with Crippen LogP contribution >= 0.6 is 11.3 Å². The van der Waals surface area contributed by atoms with Gasteiger partial charge in [-0.2, -0.15) is 0 Å². The van der Waals surface area contributed by atoms with Crippen molar-refractivity contribution in [2.24, 2.45) is 11.6 Å². The van der Waals surface area contributed by atoms with Crippen molar-refractivity contribution in [2.75, 3.05) is 29.4 Å². The highest BCUT2D eigenvalue weighted by Gasteiger charge is 2.44. The van der Waals surface area contributed by atoms with Crippen molar-refractivity contribution >= 4 is 34.0 Å². The molecule has 2 unspecified atom stereocenters. The van der Waals surface area contributed by atoms with Gasteiger partial charge in [-0.25, -0.2) is 10.4 Å². The summed E-state index contributed by atoms with van der Waals surface area (Å²) in [4.78, 5) is 19.6. The summed E-state index contributed by atoms with van der Waals surface area (Å²) in [6.45, 7) is 4.01. The monoisotopic (exact) mass is 403 g/mol. The first-order chi connectivity index (χ1) is 13.4. The van der Waals surface area contributed by atoms with Crippen molar-refractivity contribution in [1.82, 2.24) is 10.4 Å². The number of carboxylic acids is 1. The number of carboxylic acid groups (broad SMARTS) is 1. The average molecular weight is 404 g/mol. The minimum Gasteiger partial charge on any atom is -0.480 e. The van der Waals surface area contributed by atoms with Gasteiger partial charge in [0.1, 0.15) is 12.4 Å². The number of hydrazine groups is 1. The summed E-state index contributed by atoms with van der Waals surface area (Å²) < 4.78 is 0. The number of aryl methyl sites for hydroxylation is 1. The number of fused-ring (bicyclic) bond motifs is 2. The third kappa shape index (κ3) is 4.41. The summed E-state index contributed by atoms with van der Waals surface area (Å²) in [6.07, 6.45) is 2.90. The zero-order valence-electron chi connectivity index (χ0n) is 15.6. The van der Waals surface area contributed by atoms with Gasteiger partial charge in [-0.1, -0.05) is 23.5 Å². The molecular formula is C18H25N7O2S. The van der Waals surface area contributed by atoms with Gasteiger partial charge in [0.05, 0.1) is 17.1 Å². The molecule has 150 valence electrons. The van der Waals surface area contributed by atoms with Gasteiger partial charge in [-0.15, -0.1) is 0 Å². The van der Waals surface area contributed by atoms with E-state index in [-0.39, 0.29) is 12.4 Å². The molecule has 2 aromatic rings. The number of thiazole rings is 1. The Kier molecular flexibility index (Phi) is 6.12. The van der Waals surface area contributed by atoms with E-state index >= 15 is 0 Å². The van der Waals surface area contributed by atoms with E-state index in [9.17, 15) is 4.79 Å². The molecule has 7 N–H and O–H groups in total. The molecule has 3 heterocycles. The second-order valence-corrected chi connectivity index (χ2v) is 7.89. The van der Waals surface area contributed by atoms with Crippen molar-refractivity contribution in [3.63, 3.8) is 0 Å². The first kappa shape index (κ1) is 20.1. The number of hydrogen-bond acceptors (Lipinski definition) is 8. The highest BCUT2D eigenvalue weighted by Crippen LogP contribution is 2.38. The van der Waals surface area contributed by atoms with Crippen molar-refractivity contribution in [3.8, 4) is 0 Å². The largest absolute Gasteiger partial charge is 0.480 e. The van der Waals surface area contributed by atoms with Crippen LogP contribution in [0.5, 0.6) is 0 Å². The topological polar surface area (TPSA) is 145 Å². The van der Waals surface area contributed by atoms with Gasteiger partial charge < -0.3 is 20.6 Å². The zero-order chi connectivity index (χ0) is 20.3. The molecule has 0 radical (unpaired) electrons. The molecule has 28 heavy (non-hydrogen) atoms. The summed E-state index contributed by atoms with van der Waals surface area (Å²) in [7, 11) is 0. The highest BCUT2D eigenvalue weighted by atomic mass is 32.1. The Labute approximate surface area is 167 Å². The van der Waals surface area contributed by atoms with Gasteiger partial charge in [0, 0.05) is 24.8 Å². The Bertz CT molecular complexity index is 856. The van der Waals surface area contributed by atoms with Crippen LogP contribution in [0.2, 0.25) is 0 Å². The number of nitrogens with two attached hydrogens (primary N) is 2. The third-order valence-electron chi connectivity index (χ3n) is 4.83. The van der Waals surface area contributed by atoms with Crippen molar-refractivity contribution < 1.29 is 9.90 Å². The highest BCUT2D eigenvalue weighted by molar-refractivity contribution is 7.17. The number of aromatic nitrogens is 1. The van der Waals surface area contributed by atoms with Crippen LogP contribution in [-0.4, -0.2) is 53.6 Å². The number of nitrogens with zero attached hydrogens (tertiary/aromatic N) is 3. The Hall–Kier alpha value is -2.69. The molecule has 4 rings (SSSR count). The van der Waals surface area contributed by atoms with Crippen molar-refractivity contribution in [3.05, 3.63) is 40.9 Å². The molecule has 10 heteroatoms. The van der Waals surface area contributed by atoms with Crippen LogP contribution in [0, 0.1) is 12.3 Å². The van der Waals surface area contributed by atoms with E-state index in [0.717, 1.165) is 23.1 Å². The van der Waals surface area contributed by atoms with E-state index in [2.05, 4.69) is 51.8 Å². The maximum absolute atomic E-state index is 9.46. The first-order valence-electron chi connectivity index (χ1n) is 8.94. The van der Waals surface area contributed by atoms with E-state index in [4.69, 9.17) is 16.2 Å². The molecule has 1 aromatic carbocycles. The number of rotatable bonds is 5. The lowest BCUT2D eigenvalue weighted by atomic mass is 10.2. The molecule has 0 saturated carbocycles. The number of anilines is 2. The second-order valence-electron chi connectivity index (χ2n) is 6.88. The standard InChI is InChI=1S/C16H19N5S.C2H6N2O2/c1-10-3-2-4-11(5-10)20-8-13-6-12(20)9-21(13)16-19-7-14(22-16)15(17)18;3-4-1-2(5)6/h2-5,7,12-13H,6,8-9H2,1H3,(H3,17,18);4H,1,3H2,(H,5,6). The van der Waals surface area contributed by atoms with Crippen LogP contribution in [0.15, 0.2) is 30.5 Å². The SMILES string of the molecule is Cc1cccc(N2CC3CC2CN3c2ncc(C(=N)N)s2)c1.NNCC(=O)O. The van der Waals surface area contributed by atoms with E-state index in [1.165, 1.54) is 29.0 Å². The maximum atomic E-state index is 9.46. The molecule has 1 aromatic heterocycles. The lowest BCUT2D eigenvalue weighted by Crippen LogP contribution is -2.46. The normalized spacial score (nSPS) is 20.1. The molecule has 9 nitrogen and oxygen atoms in total. The van der Waals surface area contributed by atoms with Gasteiger partial charge in [0.2, 0.25) is 0 Å². The van der Waals surface area contributed by atoms with E-state index in [1.807, 2.05) is 5.43 Å². The number of piperazine rings is 1. The van der Waals surface area contributed by atoms with Crippen LogP contribution in [0.3, 0.4) is 0 Å². The smallest absolute Gasteiger partial charge is 0.318 e. The summed E-state index contributed by atoms with van der Waals surface area (Å²) in [5, 5.41) is 16.3. The van der Waals surface area contributed by atoms with Crippen LogP contribution in [0.4, 0.5) is 10.8 Å². The van der Waals surface area contributed by atoms with Gasteiger partial charge in [-0.05, 0) is 31.0 Å². The summed E-state index contributed by atoms with van der Waals surface area (Å²) in [5.74, 6) is 3.76. The predicted octanol–water partition coefficient (Wildman–Crippen LogP) is 0.737. The summed E-state index contributed by atoms with van der Waals surface area (Å²) >= 11 is 1.52. The second kappa shape index (κ2) is 8.55. The molecule has 0 spiro atoms. The fraction of sp³-hybridized carbons (Fsp3) is 0.389. The molecule has 2 atom stereocenters. The Morgan fingerprint density at radius 3 is 2.61 bits per heavy atom. The Morgan fingerprint density at radius 2 is 2.11 bits per heavy atom. The van der Waals surface area contributed by atoms with Gasteiger partial charge in [0.25, 0.3) is 0 Å². The molecule has 2 bridgehead atoms. The Balaban J connectivity index is 0.000000330. The molecule has 2 aliphatic heterocycles. The predicted molar refractivity (Wildman–Crippen MR) is 111 cm³/mol. The van der Waals surface area contributed by atoms with E-state index in [1.54, 1.807) is 6.20 Å².